The van der Waals surface area contributed by atoms with Crippen LogP contribution in [0.2, 0.25) is 0 Å². The number of amides is 1. The van der Waals surface area contributed by atoms with Crippen molar-refractivity contribution in [1.82, 2.24) is 14.9 Å². The van der Waals surface area contributed by atoms with Gasteiger partial charge in [0.15, 0.2) is 0 Å². The maximum absolute atomic E-state index is 12.6. The molecule has 3 rings (SSSR count). The second kappa shape index (κ2) is 8.88. The predicted octanol–water partition coefficient (Wildman–Crippen LogP) is 0.799. The number of hydrogen-bond acceptors (Lipinski definition) is 5. The zero-order valence-corrected chi connectivity index (χ0v) is 16.3. The number of carbonyl (C=O) groups is 1. The Balaban J connectivity index is 1.65. The Kier molecular flexibility index (Phi) is 6.30. The Bertz CT molecular complexity index is 944. The maximum Gasteiger partial charge on any atom is 0.325 e. The molecule has 0 bridgehead atoms. The third-order valence-electron chi connectivity index (χ3n) is 5.02. The number of morpholine rings is 1. The van der Waals surface area contributed by atoms with E-state index in [1.165, 1.54) is 0 Å². The molecule has 2 aromatic rings. The number of benzene rings is 1. The Morgan fingerprint density at radius 2 is 1.89 bits per heavy atom. The molecule has 2 heterocycles. The highest BCUT2D eigenvalue weighted by molar-refractivity contribution is 5.76. The van der Waals surface area contributed by atoms with Crippen molar-refractivity contribution in [2.75, 3.05) is 38.3 Å². The van der Waals surface area contributed by atoms with Gasteiger partial charge in [0.25, 0.3) is 5.56 Å². The number of aromatic nitrogens is 2. The van der Waals surface area contributed by atoms with E-state index < -0.39 is 11.2 Å². The number of H-pyrrole nitrogens is 2. The Morgan fingerprint density at radius 3 is 2.61 bits per heavy atom. The lowest BCUT2D eigenvalue weighted by Crippen LogP contribution is -2.37. The number of aryl methyl sites for hydroxylation is 1. The van der Waals surface area contributed by atoms with Gasteiger partial charge >= 0.3 is 5.69 Å². The number of carbonyl (C=O) groups excluding carboxylic acids is 1. The minimum atomic E-state index is -0.533. The second-order valence-corrected chi connectivity index (χ2v) is 6.99. The van der Waals surface area contributed by atoms with Crippen LogP contribution in [0.15, 0.2) is 33.9 Å². The quantitative estimate of drug-likeness (QED) is 0.765. The predicted molar refractivity (Wildman–Crippen MR) is 107 cm³/mol. The van der Waals surface area contributed by atoms with Gasteiger partial charge in [-0.15, -0.1) is 0 Å². The van der Waals surface area contributed by atoms with E-state index in [9.17, 15) is 14.4 Å². The van der Waals surface area contributed by atoms with Crippen LogP contribution in [0.1, 0.15) is 23.2 Å². The number of aromatic amines is 2. The highest BCUT2D eigenvalue weighted by atomic mass is 16.5. The van der Waals surface area contributed by atoms with E-state index in [0.717, 1.165) is 24.3 Å². The van der Waals surface area contributed by atoms with E-state index in [0.29, 0.717) is 31.0 Å². The smallest absolute Gasteiger partial charge is 0.325 e. The van der Waals surface area contributed by atoms with Gasteiger partial charge in [0.1, 0.15) is 0 Å². The SMILES string of the molecule is Cc1[nH]c(=O)[nH]c(=O)c1CCC(=O)N(C)Cc1ccccc1N1CCOCC1. The summed E-state index contributed by atoms with van der Waals surface area (Å²) in [4.78, 5) is 44.5. The van der Waals surface area contributed by atoms with Crippen LogP contribution in [0.5, 0.6) is 0 Å². The summed E-state index contributed by atoms with van der Waals surface area (Å²) in [6, 6.07) is 8.08. The third kappa shape index (κ3) is 4.69. The van der Waals surface area contributed by atoms with E-state index in [1.807, 2.05) is 18.2 Å². The summed E-state index contributed by atoms with van der Waals surface area (Å²) < 4.78 is 5.42. The standard InChI is InChI=1S/C20H26N4O4/c1-14-16(19(26)22-20(27)21-14)7-8-18(25)23(2)13-15-5-3-4-6-17(15)24-9-11-28-12-10-24/h3-6H,7-13H2,1-2H3,(H2,21,22,26,27). The summed E-state index contributed by atoms with van der Waals surface area (Å²) in [6.07, 6.45) is 0.485. The van der Waals surface area contributed by atoms with Gasteiger partial charge in [0.05, 0.1) is 13.2 Å². The van der Waals surface area contributed by atoms with Crippen molar-refractivity contribution in [3.63, 3.8) is 0 Å². The minimum absolute atomic E-state index is 0.0539. The van der Waals surface area contributed by atoms with Crippen LogP contribution in [0.25, 0.3) is 0 Å². The lowest BCUT2D eigenvalue weighted by atomic mass is 10.1. The summed E-state index contributed by atoms with van der Waals surface area (Å²) in [7, 11) is 1.77. The molecule has 1 aromatic carbocycles. The highest BCUT2D eigenvalue weighted by Crippen LogP contribution is 2.23. The van der Waals surface area contributed by atoms with Crippen molar-refractivity contribution in [3.05, 3.63) is 61.9 Å². The zero-order valence-electron chi connectivity index (χ0n) is 16.3. The average Bonchev–Trinajstić information content (AvgIpc) is 2.68. The molecule has 1 aliphatic heterocycles. The van der Waals surface area contributed by atoms with Crippen LogP contribution in [-0.4, -0.2) is 54.1 Å². The van der Waals surface area contributed by atoms with Crippen molar-refractivity contribution < 1.29 is 9.53 Å². The molecule has 0 spiro atoms. The fourth-order valence-corrected chi connectivity index (χ4v) is 3.45. The van der Waals surface area contributed by atoms with Crippen molar-refractivity contribution in [2.45, 2.75) is 26.3 Å². The van der Waals surface area contributed by atoms with Gasteiger partial charge in [-0.2, -0.15) is 0 Å². The molecular formula is C20H26N4O4. The number of anilines is 1. The van der Waals surface area contributed by atoms with Crippen LogP contribution >= 0.6 is 0 Å². The summed E-state index contributed by atoms with van der Waals surface area (Å²) in [5.74, 6) is -0.0539. The number of rotatable bonds is 6. The highest BCUT2D eigenvalue weighted by Gasteiger charge is 2.17. The van der Waals surface area contributed by atoms with Gasteiger partial charge in [-0.25, -0.2) is 4.79 Å². The van der Waals surface area contributed by atoms with Crippen LogP contribution in [0.3, 0.4) is 0 Å². The number of nitrogens with zero attached hydrogens (tertiary/aromatic N) is 2. The first-order valence-electron chi connectivity index (χ1n) is 9.42. The molecule has 8 nitrogen and oxygen atoms in total. The monoisotopic (exact) mass is 386 g/mol. The maximum atomic E-state index is 12.6. The lowest BCUT2D eigenvalue weighted by molar-refractivity contribution is -0.130. The molecule has 1 fully saturated rings. The second-order valence-electron chi connectivity index (χ2n) is 6.99. The number of para-hydroxylation sites is 1. The molecular weight excluding hydrogens is 360 g/mol. The van der Waals surface area contributed by atoms with Crippen molar-refractivity contribution in [1.29, 1.82) is 0 Å². The molecule has 0 unspecified atom stereocenters. The van der Waals surface area contributed by atoms with Crippen LogP contribution in [0.4, 0.5) is 5.69 Å². The number of hydrogen-bond donors (Lipinski definition) is 2. The molecule has 8 heteroatoms. The molecule has 1 amide bonds. The van der Waals surface area contributed by atoms with Gasteiger partial charge in [-0.1, -0.05) is 18.2 Å². The first-order chi connectivity index (χ1) is 13.5. The fraction of sp³-hybridized carbons (Fsp3) is 0.450. The topological polar surface area (TPSA) is 98.5 Å². The van der Waals surface area contributed by atoms with Crippen molar-refractivity contribution in [2.24, 2.45) is 0 Å². The lowest BCUT2D eigenvalue weighted by Gasteiger charge is -2.31. The molecule has 2 N–H and O–H groups in total. The fourth-order valence-electron chi connectivity index (χ4n) is 3.45. The molecule has 0 saturated carbocycles. The molecule has 150 valence electrons. The van der Waals surface area contributed by atoms with E-state index in [1.54, 1.807) is 18.9 Å². The molecule has 1 saturated heterocycles. The van der Waals surface area contributed by atoms with Crippen LogP contribution in [0, 0.1) is 6.92 Å². The summed E-state index contributed by atoms with van der Waals surface area (Å²) >= 11 is 0. The molecule has 28 heavy (non-hydrogen) atoms. The normalized spacial score (nSPS) is 14.1. The first-order valence-corrected chi connectivity index (χ1v) is 9.42. The molecule has 0 atom stereocenters. The number of nitrogens with one attached hydrogen (secondary N) is 2. The average molecular weight is 386 g/mol. The van der Waals surface area contributed by atoms with Crippen molar-refractivity contribution >= 4 is 11.6 Å². The van der Waals surface area contributed by atoms with Crippen LogP contribution in [-0.2, 0) is 22.5 Å². The summed E-state index contributed by atoms with van der Waals surface area (Å²) in [5, 5.41) is 0. The molecule has 1 aliphatic rings. The summed E-state index contributed by atoms with van der Waals surface area (Å²) in [6.45, 7) is 5.24. The van der Waals surface area contributed by atoms with Crippen LogP contribution < -0.4 is 16.1 Å². The van der Waals surface area contributed by atoms with Gasteiger partial charge in [-0.05, 0) is 25.0 Å². The van der Waals surface area contributed by atoms with Gasteiger partial charge in [-0.3, -0.25) is 14.6 Å². The van der Waals surface area contributed by atoms with E-state index in [4.69, 9.17) is 4.74 Å². The Hall–Kier alpha value is -2.87. The minimum Gasteiger partial charge on any atom is -0.378 e. The first kappa shape index (κ1) is 19.9. The van der Waals surface area contributed by atoms with E-state index in [2.05, 4.69) is 20.9 Å². The van der Waals surface area contributed by atoms with Gasteiger partial charge < -0.3 is 19.5 Å². The molecule has 0 aliphatic carbocycles. The van der Waals surface area contributed by atoms with Gasteiger partial charge in [0.2, 0.25) is 5.91 Å². The van der Waals surface area contributed by atoms with Gasteiger partial charge in [0, 0.05) is 50.0 Å². The Morgan fingerprint density at radius 1 is 1.18 bits per heavy atom. The molecule has 0 radical (unpaired) electrons. The zero-order chi connectivity index (χ0) is 20.1. The van der Waals surface area contributed by atoms with E-state index >= 15 is 0 Å². The third-order valence-corrected chi connectivity index (χ3v) is 5.02. The van der Waals surface area contributed by atoms with E-state index in [-0.39, 0.29) is 18.7 Å². The van der Waals surface area contributed by atoms with Crippen molar-refractivity contribution in [3.8, 4) is 0 Å². The Labute approximate surface area is 163 Å². The summed E-state index contributed by atoms with van der Waals surface area (Å²) in [5.41, 5.74) is 2.18. The number of ether oxygens (including phenoxy) is 1. The molecule has 1 aromatic heterocycles. The largest absolute Gasteiger partial charge is 0.378 e.